The number of carboxylic acids is 1. The quantitative estimate of drug-likeness (QED) is 0.656. The van der Waals surface area contributed by atoms with E-state index in [-0.39, 0.29) is 16.2 Å². The fourth-order valence-corrected chi connectivity index (χ4v) is 2.06. The fraction of sp³-hybridized carbons (Fsp3) is 0.118. The van der Waals surface area contributed by atoms with E-state index < -0.39 is 23.7 Å². The van der Waals surface area contributed by atoms with Crippen LogP contribution in [0.15, 0.2) is 54.6 Å². The first kappa shape index (κ1) is 16.4. The Morgan fingerprint density at radius 2 is 1.35 bits per heavy atom. The molecule has 1 aliphatic heterocycles. The van der Waals surface area contributed by atoms with E-state index in [0.29, 0.717) is 0 Å². The molecule has 6 heteroatoms. The van der Waals surface area contributed by atoms with E-state index in [4.69, 9.17) is 10.3 Å². The summed E-state index contributed by atoms with van der Waals surface area (Å²) in [7, 11) is 0. The first-order valence-corrected chi connectivity index (χ1v) is 6.88. The van der Waals surface area contributed by atoms with Crippen LogP contribution in [0.3, 0.4) is 0 Å². The van der Waals surface area contributed by atoms with Gasteiger partial charge in [-0.05, 0) is 24.6 Å². The summed E-state index contributed by atoms with van der Waals surface area (Å²) in [5.41, 5.74) is 1.36. The van der Waals surface area contributed by atoms with Crippen LogP contribution in [-0.4, -0.2) is 33.2 Å². The third-order valence-corrected chi connectivity index (χ3v) is 3.44. The first-order chi connectivity index (χ1) is 10.9. The van der Waals surface area contributed by atoms with E-state index in [1.807, 2.05) is 30.3 Å². The van der Waals surface area contributed by atoms with Crippen LogP contribution in [-0.2, 0) is 4.79 Å². The number of carboxylic acid groups (broad SMARTS) is 1. The SMILES string of the molecule is CC(C(=O)O)c1ccccc1.O=C1c2ccccc2C(=O)N1O. The van der Waals surface area contributed by atoms with Crippen molar-refractivity contribution in [2.75, 3.05) is 0 Å². The third-order valence-electron chi connectivity index (χ3n) is 3.44. The van der Waals surface area contributed by atoms with Crippen molar-refractivity contribution in [3.8, 4) is 0 Å². The Labute approximate surface area is 132 Å². The maximum absolute atomic E-state index is 11.1. The summed E-state index contributed by atoms with van der Waals surface area (Å²) in [6, 6.07) is 15.5. The lowest BCUT2D eigenvalue weighted by Gasteiger charge is -2.04. The molecule has 0 radical (unpaired) electrons. The Morgan fingerprint density at radius 3 is 1.78 bits per heavy atom. The lowest BCUT2D eigenvalue weighted by molar-refractivity contribution is -0.138. The van der Waals surface area contributed by atoms with Crippen molar-refractivity contribution in [2.24, 2.45) is 0 Å². The minimum atomic E-state index is -0.781. The third kappa shape index (κ3) is 3.44. The van der Waals surface area contributed by atoms with Gasteiger partial charge < -0.3 is 5.11 Å². The molecule has 1 aliphatic rings. The molecule has 2 amide bonds. The van der Waals surface area contributed by atoms with Crippen LogP contribution < -0.4 is 0 Å². The lowest BCUT2D eigenvalue weighted by Crippen LogP contribution is -2.25. The van der Waals surface area contributed by atoms with Crippen molar-refractivity contribution < 1.29 is 24.7 Å². The number of hydrogen-bond donors (Lipinski definition) is 2. The molecule has 1 unspecified atom stereocenters. The number of nitrogens with zero attached hydrogens (tertiary/aromatic N) is 1. The summed E-state index contributed by atoms with van der Waals surface area (Å²) in [4.78, 5) is 32.6. The van der Waals surface area contributed by atoms with Gasteiger partial charge in [-0.1, -0.05) is 42.5 Å². The molecule has 0 bridgehead atoms. The Kier molecular flexibility index (Phi) is 4.88. The summed E-state index contributed by atoms with van der Waals surface area (Å²) in [6.07, 6.45) is 0. The largest absolute Gasteiger partial charge is 0.481 e. The number of rotatable bonds is 2. The smallest absolute Gasteiger partial charge is 0.310 e. The highest BCUT2D eigenvalue weighted by Crippen LogP contribution is 2.20. The fourth-order valence-electron chi connectivity index (χ4n) is 2.06. The number of hydrogen-bond acceptors (Lipinski definition) is 4. The number of fused-ring (bicyclic) bond motifs is 1. The van der Waals surface area contributed by atoms with Crippen LogP contribution in [0.1, 0.15) is 39.1 Å². The Hall–Kier alpha value is -2.99. The summed E-state index contributed by atoms with van der Waals surface area (Å²) >= 11 is 0. The normalized spacial score (nSPS) is 13.9. The highest BCUT2D eigenvalue weighted by Gasteiger charge is 2.33. The van der Waals surface area contributed by atoms with Gasteiger partial charge in [-0.25, -0.2) is 0 Å². The molecule has 1 atom stereocenters. The predicted molar refractivity (Wildman–Crippen MR) is 81.2 cm³/mol. The molecule has 3 rings (SSSR count). The van der Waals surface area contributed by atoms with Crippen molar-refractivity contribution in [3.63, 3.8) is 0 Å². The average Bonchev–Trinajstić information content (AvgIpc) is 2.80. The van der Waals surface area contributed by atoms with Crippen LogP contribution in [0.5, 0.6) is 0 Å². The molecule has 118 valence electrons. The molecule has 0 aromatic heterocycles. The number of carbonyl (C=O) groups excluding carboxylic acids is 2. The van der Waals surface area contributed by atoms with E-state index in [1.165, 1.54) is 12.1 Å². The van der Waals surface area contributed by atoms with Crippen LogP contribution in [0.25, 0.3) is 0 Å². The van der Waals surface area contributed by atoms with Gasteiger partial charge in [-0.3, -0.25) is 19.6 Å². The van der Waals surface area contributed by atoms with Gasteiger partial charge in [0.15, 0.2) is 0 Å². The van der Waals surface area contributed by atoms with E-state index >= 15 is 0 Å². The summed E-state index contributed by atoms with van der Waals surface area (Å²) in [5.74, 6) is -2.50. The van der Waals surface area contributed by atoms with Crippen molar-refractivity contribution in [3.05, 3.63) is 71.3 Å². The molecule has 0 fully saturated rings. The molecule has 1 heterocycles. The second-order valence-corrected chi connectivity index (χ2v) is 4.94. The molecule has 0 aliphatic carbocycles. The summed E-state index contributed by atoms with van der Waals surface area (Å²) in [6.45, 7) is 1.68. The number of aliphatic carboxylic acids is 1. The van der Waals surface area contributed by atoms with Gasteiger partial charge in [0.05, 0.1) is 17.0 Å². The topological polar surface area (TPSA) is 94.9 Å². The molecule has 2 aromatic carbocycles. The molecule has 0 saturated heterocycles. The first-order valence-electron chi connectivity index (χ1n) is 6.88. The Morgan fingerprint density at radius 1 is 0.913 bits per heavy atom. The molecular weight excluding hydrogens is 298 g/mol. The second kappa shape index (κ2) is 6.85. The summed E-state index contributed by atoms with van der Waals surface area (Å²) in [5, 5.41) is 17.7. The molecule has 0 saturated carbocycles. The van der Waals surface area contributed by atoms with Crippen LogP contribution in [0.2, 0.25) is 0 Å². The molecule has 23 heavy (non-hydrogen) atoms. The van der Waals surface area contributed by atoms with Gasteiger partial charge in [0.25, 0.3) is 11.8 Å². The molecule has 2 N–H and O–H groups in total. The van der Waals surface area contributed by atoms with Crippen molar-refractivity contribution in [1.82, 2.24) is 5.06 Å². The summed E-state index contributed by atoms with van der Waals surface area (Å²) < 4.78 is 0. The van der Waals surface area contributed by atoms with Crippen molar-refractivity contribution >= 4 is 17.8 Å². The molecular formula is C17H15NO5. The van der Waals surface area contributed by atoms with Gasteiger partial charge in [0.2, 0.25) is 0 Å². The van der Waals surface area contributed by atoms with Gasteiger partial charge >= 0.3 is 5.97 Å². The standard InChI is InChI=1S/C9H10O2.C8H5NO3/c1-7(9(10)11)8-5-3-2-4-6-8;10-7-5-3-1-2-4-6(5)8(11)9(7)12/h2-7H,1H3,(H,10,11);1-4,12H. The van der Waals surface area contributed by atoms with Gasteiger partial charge in [0, 0.05) is 0 Å². The number of hydroxylamine groups is 2. The number of imide groups is 1. The van der Waals surface area contributed by atoms with Gasteiger partial charge in [0.1, 0.15) is 0 Å². The Balaban J connectivity index is 0.000000168. The van der Waals surface area contributed by atoms with Crippen molar-refractivity contribution in [1.29, 1.82) is 0 Å². The van der Waals surface area contributed by atoms with Gasteiger partial charge in [-0.15, -0.1) is 5.06 Å². The minimum Gasteiger partial charge on any atom is -0.481 e. The highest BCUT2D eigenvalue weighted by molar-refractivity contribution is 6.20. The van der Waals surface area contributed by atoms with Gasteiger partial charge in [-0.2, -0.15) is 0 Å². The number of carbonyl (C=O) groups is 3. The number of amides is 2. The molecule has 0 spiro atoms. The van der Waals surface area contributed by atoms with Crippen molar-refractivity contribution in [2.45, 2.75) is 12.8 Å². The lowest BCUT2D eigenvalue weighted by atomic mass is 10.0. The van der Waals surface area contributed by atoms with Crippen LogP contribution in [0.4, 0.5) is 0 Å². The van der Waals surface area contributed by atoms with E-state index in [2.05, 4.69) is 0 Å². The monoisotopic (exact) mass is 313 g/mol. The average molecular weight is 313 g/mol. The zero-order valence-corrected chi connectivity index (χ0v) is 12.3. The molecule has 6 nitrogen and oxygen atoms in total. The zero-order chi connectivity index (χ0) is 17.0. The molecule has 2 aromatic rings. The minimum absolute atomic E-state index is 0.130. The van der Waals surface area contributed by atoms with Crippen LogP contribution in [0, 0.1) is 0 Å². The highest BCUT2D eigenvalue weighted by atomic mass is 16.5. The van der Waals surface area contributed by atoms with E-state index in [1.54, 1.807) is 19.1 Å². The van der Waals surface area contributed by atoms with Crippen LogP contribution >= 0.6 is 0 Å². The predicted octanol–water partition coefficient (Wildman–Crippen LogP) is 2.55. The maximum Gasteiger partial charge on any atom is 0.310 e. The Bertz CT molecular complexity index is 707. The number of benzene rings is 2. The van der Waals surface area contributed by atoms with E-state index in [0.717, 1.165) is 5.56 Å². The zero-order valence-electron chi connectivity index (χ0n) is 12.3. The maximum atomic E-state index is 11.1. The van der Waals surface area contributed by atoms with E-state index in [9.17, 15) is 14.4 Å². The second-order valence-electron chi connectivity index (χ2n) is 4.94.